The first-order valence-electron chi connectivity index (χ1n) is 6.93. The summed E-state index contributed by atoms with van der Waals surface area (Å²) < 4.78 is 5.52. The van der Waals surface area contributed by atoms with Gasteiger partial charge < -0.3 is 15.2 Å². The van der Waals surface area contributed by atoms with Crippen LogP contribution in [0.5, 0.6) is 5.75 Å². The molecule has 0 saturated heterocycles. The van der Waals surface area contributed by atoms with Crippen LogP contribution in [0.1, 0.15) is 11.1 Å². The Labute approximate surface area is 130 Å². The standard InChI is InChI=1S/C17H20ClNO2/c1-12-5-3-6-13(2)17(12)19-10-15(20)11-21-16-8-4-7-14(18)9-16/h3-9,15,19-20H,10-11H2,1-2H3. The summed E-state index contributed by atoms with van der Waals surface area (Å²) in [5.41, 5.74) is 3.40. The number of para-hydroxylation sites is 1. The van der Waals surface area contributed by atoms with Gasteiger partial charge in [0.2, 0.25) is 0 Å². The van der Waals surface area contributed by atoms with Gasteiger partial charge in [0.05, 0.1) is 0 Å². The molecular formula is C17H20ClNO2. The molecule has 2 aromatic carbocycles. The van der Waals surface area contributed by atoms with Gasteiger partial charge in [0.15, 0.2) is 0 Å². The summed E-state index contributed by atoms with van der Waals surface area (Å²) in [4.78, 5) is 0. The summed E-state index contributed by atoms with van der Waals surface area (Å²) in [6, 6.07) is 13.3. The van der Waals surface area contributed by atoms with Gasteiger partial charge in [-0.1, -0.05) is 35.9 Å². The van der Waals surface area contributed by atoms with E-state index >= 15 is 0 Å². The van der Waals surface area contributed by atoms with E-state index in [1.165, 1.54) is 0 Å². The zero-order valence-electron chi connectivity index (χ0n) is 12.3. The van der Waals surface area contributed by atoms with Gasteiger partial charge in [0.25, 0.3) is 0 Å². The fourth-order valence-electron chi connectivity index (χ4n) is 2.12. The predicted molar refractivity (Wildman–Crippen MR) is 87.4 cm³/mol. The number of rotatable bonds is 6. The van der Waals surface area contributed by atoms with E-state index in [1.807, 2.05) is 44.2 Å². The molecule has 21 heavy (non-hydrogen) atoms. The minimum Gasteiger partial charge on any atom is -0.491 e. The second-order valence-electron chi connectivity index (χ2n) is 5.07. The van der Waals surface area contributed by atoms with E-state index in [-0.39, 0.29) is 6.61 Å². The number of aliphatic hydroxyl groups excluding tert-OH is 1. The Morgan fingerprint density at radius 2 is 1.81 bits per heavy atom. The minimum atomic E-state index is -0.594. The molecule has 2 rings (SSSR count). The lowest BCUT2D eigenvalue weighted by Gasteiger charge is -2.17. The van der Waals surface area contributed by atoms with Crippen LogP contribution in [0, 0.1) is 13.8 Å². The second kappa shape index (κ2) is 7.34. The summed E-state index contributed by atoms with van der Waals surface area (Å²) in [6.07, 6.45) is -0.594. The Balaban J connectivity index is 1.84. The number of aliphatic hydroxyl groups is 1. The number of benzene rings is 2. The number of halogens is 1. The number of hydrogen-bond acceptors (Lipinski definition) is 3. The third-order valence-electron chi connectivity index (χ3n) is 3.23. The third kappa shape index (κ3) is 4.66. The fraction of sp³-hybridized carbons (Fsp3) is 0.294. The smallest absolute Gasteiger partial charge is 0.120 e. The number of anilines is 1. The van der Waals surface area contributed by atoms with Crippen LogP contribution in [0.2, 0.25) is 5.02 Å². The van der Waals surface area contributed by atoms with Crippen molar-refractivity contribution < 1.29 is 9.84 Å². The van der Waals surface area contributed by atoms with Crippen molar-refractivity contribution in [3.63, 3.8) is 0 Å². The van der Waals surface area contributed by atoms with E-state index in [1.54, 1.807) is 12.1 Å². The van der Waals surface area contributed by atoms with Gasteiger partial charge in [-0.3, -0.25) is 0 Å². The summed E-state index contributed by atoms with van der Waals surface area (Å²) in [7, 11) is 0. The van der Waals surface area contributed by atoms with Crippen LogP contribution in [0.3, 0.4) is 0 Å². The third-order valence-corrected chi connectivity index (χ3v) is 3.47. The van der Waals surface area contributed by atoms with Crippen molar-refractivity contribution in [2.45, 2.75) is 20.0 Å². The predicted octanol–water partition coefficient (Wildman–Crippen LogP) is 3.81. The van der Waals surface area contributed by atoms with Gasteiger partial charge in [-0.25, -0.2) is 0 Å². The fourth-order valence-corrected chi connectivity index (χ4v) is 2.30. The lowest BCUT2D eigenvalue weighted by Crippen LogP contribution is -2.26. The van der Waals surface area contributed by atoms with Crippen molar-refractivity contribution in [3.05, 3.63) is 58.6 Å². The molecule has 0 aliphatic carbocycles. The molecule has 0 saturated carbocycles. The molecule has 1 unspecified atom stereocenters. The summed E-state index contributed by atoms with van der Waals surface area (Å²) in [5.74, 6) is 0.661. The lowest BCUT2D eigenvalue weighted by atomic mass is 10.1. The van der Waals surface area contributed by atoms with Crippen LogP contribution in [0.25, 0.3) is 0 Å². The van der Waals surface area contributed by atoms with E-state index in [0.717, 1.165) is 16.8 Å². The highest BCUT2D eigenvalue weighted by Crippen LogP contribution is 2.20. The molecular weight excluding hydrogens is 286 g/mol. The molecule has 0 aliphatic heterocycles. The molecule has 0 aromatic heterocycles. The van der Waals surface area contributed by atoms with Crippen molar-refractivity contribution in [2.75, 3.05) is 18.5 Å². The zero-order chi connectivity index (χ0) is 15.2. The first-order chi connectivity index (χ1) is 10.1. The topological polar surface area (TPSA) is 41.5 Å². The molecule has 0 amide bonds. The molecule has 2 aromatic rings. The van der Waals surface area contributed by atoms with Gasteiger partial charge >= 0.3 is 0 Å². The van der Waals surface area contributed by atoms with E-state index in [4.69, 9.17) is 16.3 Å². The Bertz CT molecular complexity index is 581. The van der Waals surface area contributed by atoms with Gasteiger partial charge in [-0.05, 0) is 43.2 Å². The second-order valence-corrected chi connectivity index (χ2v) is 5.51. The van der Waals surface area contributed by atoms with Gasteiger partial charge in [0.1, 0.15) is 18.5 Å². The highest BCUT2D eigenvalue weighted by molar-refractivity contribution is 6.30. The Morgan fingerprint density at radius 1 is 1.14 bits per heavy atom. The maximum atomic E-state index is 10.0. The van der Waals surface area contributed by atoms with Crippen LogP contribution in [-0.2, 0) is 0 Å². The van der Waals surface area contributed by atoms with E-state index in [2.05, 4.69) is 5.32 Å². The molecule has 112 valence electrons. The van der Waals surface area contributed by atoms with Crippen molar-refractivity contribution in [2.24, 2.45) is 0 Å². The van der Waals surface area contributed by atoms with Crippen LogP contribution in [0.15, 0.2) is 42.5 Å². The molecule has 0 fully saturated rings. The summed E-state index contributed by atoms with van der Waals surface area (Å²) in [5, 5.41) is 13.9. The quantitative estimate of drug-likeness (QED) is 0.853. The molecule has 0 aliphatic rings. The Hall–Kier alpha value is -1.71. The summed E-state index contributed by atoms with van der Waals surface area (Å²) in [6.45, 7) is 4.75. The molecule has 0 spiro atoms. The number of ether oxygens (including phenoxy) is 1. The van der Waals surface area contributed by atoms with Crippen LogP contribution < -0.4 is 10.1 Å². The summed E-state index contributed by atoms with van der Waals surface area (Å²) >= 11 is 5.88. The van der Waals surface area contributed by atoms with E-state index in [0.29, 0.717) is 17.3 Å². The molecule has 3 nitrogen and oxygen atoms in total. The van der Waals surface area contributed by atoms with Gasteiger partial charge in [-0.2, -0.15) is 0 Å². The van der Waals surface area contributed by atoms with Crippen LogP contribution in [0.4, 0.5) is 5.69 Å². The average Bonchev–Trinajstić information content (AvgIpc) is 2.45. The lowest BCUT2D eigenvalue weighted by molar-refractivity contribution is 0.117. The number of aryl methyl sites for hydroxylation is 2. The monoisotopic (exact) mass is 305 g/mol. The molecule has 1 atom stereocenters. The van der Waals surface area contributed by atoms with Gasteiger partial charge in [0, 0.05) is 17.3 Å². The normalized spacial score (nSPS) is 12.0. The number of hydrogen-bond donors (Lipinski definition) is 2. The van der Waals surface area contributed by atoms with E-state index in [9.17, 15) is 5.11 Å². The highest BCUT2D eigenvalue weighted by Gasteiger charge is 2.08. The van der Waals surface area contributed by atoms with E-state index < -0.39 is 6.10 Å². The maximum Gasteiger partial charge on any atom is 0.120 e. The molecule has 2 N–H and O–H groups in total. The number of nitrogens with one attached hydrogen (secondary N) is 1. The largest absolute Gasteiger partial charge is 0.491 e. The van der Waals surface area contributed by atoms with Crippen molar-refractivity contribution >= 4 is 17.3 Å². The molecule has 0 radical (unpaired) electrons. The van der Waals surface area contributed by atoms with Crippen LogP contribution >= 0.6 is 11.6 Å². The zero-order valence-corrected chi connectivity index (χ0v) is 13.0. The highest BCUT2D eigenvalue weighted by atomic mass is 35.5. The first-order valence-corrected chi connectivity index (χ1v) is 7.30. The molecule has 4 heteroatoms. The van der Waals surface area contributed by atoms with Crippen molar-refractivity contribution in [3.8, 4) is 5.75 Å². The first kappa shape index (κ1) is 15.7. The molecule has 0 bridgehead atoms. The van der Waals surface area contributed by atoms with Crippen LogP contribution in [-0.4, -0.2) is 24.4 Å². The minimum absolute atomic E-state index is 0.221. The molecule has 0 heterocycles. The van der Waals surface area contributed by atoms with Crippen molar-refractivity contribution in [1.82, 2.24) is 0 Å². The SMILES string of the molecule is Cc1cccc(C)c1NCC(O)COc1cccc(Cl)c1. The Kier molecular flexibility index (Phi) is 5.48. The maximum absolute atomic E-state index is 10.0. The van der Waals surface area contributed by atoms with Crippen molar-refractivity contribution in [1.29, 1.82) is 0 Å². The van der Waals surface area contributed by atoms with Gasteiger partial charge in [-0.15, -0.1) is 0 Å². The Morgan fingerprint density at radius 3 is 2.48 bits per heavy atom. The average molecular weight is 306 g/mol.